The van der Waals surface area contributed by atoms with Gasteiger partial charge in [0.2, 0.25) is 0 Å². The molecule has 0 fully saturated rings. The smallest absolute Gasteiger partial charge is 0.0962 e. The first-order valence-electron chi connectivity index (χ1n) is 5.90. The number of anilines is 1. The molecule has 0 aliphatic carbocycles. The SMILES string of the molecule is CSc1cccc(NCC(O)c2ccccc2)c1. The summed E-state index contributed by atoms with van der Waals surface area (Å²) >= 11 is 1.71. The van der Waals surface area contributed by atoms with Gasteiger partial charge in [0.1, 0.15) is 0 Å². The molecule has 2 N–H and O–H groups in total. The molecule has 0 aliphatic heterocycles. The first-order chi connectivity index (χ1) is 8.79. The van der Waals surface area contributed by atoms with Gasteiger partial charge in [0.05, 0.1) is 6.10 Å². The third kappa shape index (κ3) is 3.52. The maximum atomic E-state index is 10.0. The predicted octanol–water partition coefficient (Wildman–Crippen LogP) is 3.55. The van der Waals surface area contributed by atoms with Gasteiger partial charge in [-0.3, -0.25) is 0 Å². The second-order valence-corrected chi connectivity index (χ2v) is 4.92. The van der Waals surface area contributed by atoms with Crippen LogP contribution in [0.15, 0.2) is 59.5 Å². The lowest BCUT2D eigenvalue weighted by molar-refractivity contribution is 0.191. The summed E-state index contributed by atoms with van der Waals surface area (Å²) in [6.45, 7) is 0.516. The van der Waals surface area contributed by atoms with E-state index in [9.17, 15) is 5.11 Å². The van der Waals surface area contributed by atoms with Crippen LogP contribution >= 0.6 is 11.8 Å². The minimum Gasteiger partial charge on any atom is -0.387 e. The number of aliphatic hydroxyl groups excluding tert-OH is 1. The Kier molecular flexibility index (Phi) is 4.67. The van der Waals surface area contributed by atoms with Crippen molar-refractivity contribution < 1.29 is 5.11 Å². The highest BCUT2D eigenvalue weighted by Gasteiger charge is 2.06. The molecule has 1 unspecified atom stereocenters. The second kappa shape index (κ2) is 6.47. The molecule has 2 rings (SSSR count). The van der Waals surface area contributed by atoms with Gasteiger partial charge in [-0.25, -0.2) is 0 Å². The van der Waals surface area contributed by atoms with E-state index in [1.807, 2.05) is 42.5 Å². The molecular formula is C15H17NOS. The third-order valence-electron chi connectivity index (χ3n) is 2.75. The monoisotopic (exact) mass is 259 g/mol. The van der Waals surface area contributed by atoms with Crippen molar-refractivity contribution in [1.82, 2.24) is 0 Å². The number of hydrogen-bond donors (Lipinski definition) is 2. The Bertz CT molecular complexity index is 487. The zero-order chi connectivity index (χ0) is 12.8. The van der Waals surface area contributed by atoms with Crippen molar-refractivity contribution in [3.05, 3.63) is 60.2 Å². The molecule has 0 saturated carbocycles. The van der Waals surface area contributed by atoms with Crippen molar-refractivity contribution in [3.63, 3.8) is 0 Å². The molecule has 0 amide bonds. The van der Waals surface area contributed by atoms with Gasteiger partial charge >= 0.3 is 0 Å². The standard InChI is InChI=1S/C15H17NOS/c1-18-14-9-5-8-13(10-14)16-11-15(17)12-6-3-2-4-7-12/h2-10,15-17H,11H2,1H3. The van der Waals surface area contributed by atoms with E-state index in [0.29, 0.717) is 6.54 Å². The lowest BCUT2D eigenvalue weighted by atomic mass is 10.1. The fraction of sp³-hybridized carbons (Fsp3) is 0.200. The van der Waals surface area contributed by atoms with Crippen molar-refractivity contribution in [1.29, 1.82) is 0 Å². The van der Waals surface area contributed by atoms with Crippen LogP contribution < -0.4 is 5.32 Å². The van der Waals surface area contributed by atoms with E-state index in [0.717, 1.165) is 11.3 Å². The molecule has 0 spiro atoms. The summed E-state index contributed by atoms with van der Waals surface area (Å²) in [6, 6.07) is 17.9. The summed E-state index contributed by atoms with van der Waals surface area (Å²) < 4.78 is 0. The molecule has 0 radical (unpaired) electrons. The van der Waals surface area contributed by atoms with E-state index in [1.165, 1.54) is 4.90 Å². The number of hydrogen-bond acceptors (Lipinski definition) is 3. The lowest BCUT2D eigenvalue weighted by Gasteiger charge is -2.13. The van der Waals surface area contributed by atoms with Crippen LogP contribution in [0.25, 0.3) is 0 Å². The minimum absolute atomic E-state index is 0.482. The fourth-order valence-corrected chi connectivity index (χ4v) is 2.20. The van der Waals surface area contributed by atoms with Crippen LogP contribution in [-0.2, 0) is 0 Å². The Morgan fingerprint density at radius 2 is 1.89 bits per heavy atom. The van der Waals surface area contributed by atoms with Crippen molar-refractivity contribution in [3.8, 4) is 0 Å². The van der Waals surface area contributed by atoms with E-state index < -0.39 is 6.10 Å². The van der Waals surface area contributed by atoms with Gasteiger partial charge in [0.15, 0.2) is 0 Å². The summed E-state index contributed by atoms with van der Waals surface area (Å²) in [4.78, 5) is 1.22. The molecule has 1 atom stereocenters. The minimum atomic E-state index is -0.482. The molecule has 18 heavy (non-hydrogen) atoms. The van der Waals surface area contributed by atoms with Crippen molar-refractivity contribution >= 4 is 17.4 Å². The molecule has 2 nitrogen and oxygen atoms in total. The highest BCUT2D eigenvalue weighted by Crippen LogP contribution is 2.20. The maximum Gasteiger partial charge on any atom is 0.0962 e. The van der Waals surface area contributed by atoms with Gasteiger partial charge < -0.3 is 10.4 Å². The van der Waals surface area contributed by atoms with Crippen LogP contribution in [0.4, 0.5) is 5.69 Å². The van der Waals surface area contributed by atoms with Crippen LogP contribution in [0.2, 0.25) is 0 Å². The molecule has 0 saturated heterocycles. The first-order valence-corrected chi connectivity index (χ1v) is 7.13. The number of nitrogens with one attached hydrogen (secondary N) is 1. The second-order valence-electron chi connectivity index (χ2n) is 4.04. The molecule has 2 aromatic carbocycles. The van der Waals surface area contributed by atoms with Gasteiger partial charge in [-0.15, -0.1) is 11.8 Å². The average Bonchev–Trinajstić information content (AvgIpc) is 2.46. The summed E-state index contributed by atoms with van der Waals surface area (Å²) in [5.41, 5.74) is 1.97. The van der Waals surface area contributed by atoms with Crippen molar-refractivity contribution in [2.24, 2.45) is 0 Å². The van der Waals surface area contributed by atoms with E-state index in [1.54, 1.807) is 11.8 Å². The number of rotatable bonds is 5. The largest absolute Gasteiger partial charge is 0.387 e. The number of aliphatic hydroxyl groups is 1. The van der Waals surface area contributed by atoms with Crippen molar-refractivity contribution in [2.45, 2.75) is 11.0 Å². The van der Waals surface area contributed by atoms with E-state index >= 15 is 0 Å². The van der Waals surface area contributed by atoms with E-state index in [2.05, 4.69) is 23.7 Å². The maximum absolute atomic E-state index is 10.0. The Hall–Kier alpha value is -1.45. The molecule has 2 aromatic rings. The van der Waals surface area contributed by atoms with Gasteiger partial charge in [-0.2, -0.15) is 0 Å². The molecule has 0 aliphatic rings. The van der Waals surface area contributed by atoms with Crippen molar-refractivity contribution in [2.75, 3.05) is 18.1 Å². The predicted molar refractivity (Wildman–Crippen MR) is 78.1 cm³/mol. The zero-order valence-electron chi connectivity index (χ0n) is 10.3. The third-order valence-corrected chi connectivity index (χ3v) is 3.48. The van der Waals surface area contributed by atoms with Gasteiger partial charge in [-0.1, -0.05) is 36.4 Å². The summed E-state index contributed by atoms with van der Waals surface area (Å²) in [7, 11) is 0. The van der Waals surface area contributed by atoms with E-state index in [-0.39, 0.29) is 0 Å². The molecule has 3 heteroatoms. The Morgan fingerprint density at radius 3 is 2.61 bits per heavy atom. The van der Waals surface area contributed by atoms with Crippen LogP contribution in [-0.4, -0.2) is 17.9 Å². The van der Waals surface area contributed by atoms with Gasteiger partial charge in [-0.05, 0) is 30.0 Å². The first kappa shape index (κ1) is 13.0. The molecular weight excluding hydrogens is 242 g/mol. The van der Waals surface area contributed by atoms with Crippen LogP contribution in [0.5, 0.6) is 0 Å². The summed E-state index contributed by atoms with van der Waals surface area (Å²) in [5, 5.41) is 13.3. The van der Waals surface area contributed by atoms with Crippen LogP contribution in [0.3, 0.4) is 0 Å². The summed E-state index contributed by atoms with van der Waals surface area (Å²) in [6.07, 6.45) is 1.57. The molecule has 94 valence electrons. The quantitative estimate of drug-likeness (QED) is 0.805. The van der Waals surface area contributed by atoms with E-state index in [4.69, 9.17) is 0 Å². The fourth-order valence-electron chi connectivity index (χ4n) is 1.74. The van der Waals surface area contributed by atoms with Crippen LogP contribution in [0.1, 0.15) is 11.7 Å². The lowest BCUT2D eigenvalue weighted by Crippen LogP contribution is -2.11. The van der Waals surface area contributed by atoms with Gasteiger partial charge in [0.25, 0.3) is 0 Å². The topological polar surface area (TPSA) is 32.3 Å². The molecule has 0 bridgehead atoms. The highest BCUT2D eigenvalue weighted by molar-refractivity contribution is 7.98. The number of thioether (sulfide) groups is 1. The van der Waals surface area contributed by atoms with Gasteiger partial charge in [0, 0.05) is 17.1 Å². The molecule has 0 heterocycles. The molecule has 0 aromatic heterocycles. The Balaban J connectivity index is 1.95. The Labute approximate surface area is 112 Å². The number of benzene rings is 2. The van der Waals surface area contributed by atoms with Crippen LogP contribution in [0, 0.1) is 0 Å². The summed E-state index contributed by atoms with van der Waals surface area (Å²) in [5.74, 6) is 0. The average molecular weight is 259 g/mol. The highest BCUT2D eigenvalue weighted by atomic mass is 32.2. The normalized spacial score (nSPS) is 12.1. The Morgan fingerprint density at radius 1 is 1.11 bits per heavy atom. The zero-order valence-corrected chi connectivity index (χ0v) is 11.2.